The number of hydrogen-bond donors (Lipinski definition) is 1. The number of likely N-dealkylation sites (tertiary alicyclic amines) is 1. The molecule has 0 saturated carbocycles. The van der Waals surface area contributed by atoms with Gasteiger partial charge in [-0.3, -0.25) is 4.90 Å². The fourth-order valence-electron chi connectivity index (χ4n) is 2.44. The highest BCUT2D eigenvalue weighted by atomic mass is 16.3. The summed E-state index contributed by atoms with van der Waals surface area (Å²) in [5, 5.41) is 9.40. The third kappa shape index (κ3) is 1.46. The van der Waals surface area contributed by atoms with Crippen LogP contribution in [0.25, 0.3) is 5.65 Å². The fourth-order valence-corrected chi connectivity index (χ4v) is 2.44. The molecule has 1 atom stereocenters. The summed E-state index contributed by atoms with van der Waals surface area (Å²) in [7, 11) is 2.14. The van der Waals surface area contributed by atoms with Gasteiger partial charge in [0.15, 0.2) is 0 Å². The Morgan fingerprint density at radius 3 is 3.00 bits per heavy atom. The lowest BCUT2D eigenvalue weighted by Crippen LogP contribution is -2.17. The fraction of sp³-hybridized carbons (Fsp3) is 0.417. The van der Waals surface area contributed by atoms with E-state index in [1.807, 2.05) is 16.7 Å². The van der Waals surface area contributed by atoms with Crippen molar-refractivity contribution in [1.29, 1.82) is 0 Å². The average molecular weight is 217 g/mol. The van der Waals surface area contributed by atoms with E-state index >= 15 is 0 Å². The number of imidazole rings is 1. The average Bonchev–Trinajstić information content (AvgIpc) is 2.82. The van der Waals surface area contributed by atoms with Crippen LogP contribution in [0.2, 0.25) is 0 Å². The van der Waals surface area contributed by atoms with Crippen LogP contribution in [-0.2, 0) is 0 Å². The standard InChI is InChI=1S/C12H15N3O/c1-14-6-2-3-11(14)10-8-15-7-9(16)4-5-12(15)13-10/h4-5,7-8,11,16H,2-3,6H2,1H3. The molecule has 1 fully saturated rings. The van der Waals surface area contributed by atoms with Crippen molar-refractivity contribution in [2.24, 2.45) is 0 Å². The van der Waals surface area contributed by atoms with Gasteiger partial charge in [-0.25, -0.2) is 4.98 Å². The molecule has 2 aromatic heterocycles. The van der Waals surface area contributed by atoms with Crippen molar-refractivity contribution >= 4 is 5.65 Å². The molecule has 2 aromatic rings. The molecule has 1 saturated heterocycles. The summed E-state index contributed by atoms with van der Waals surface area (Å²) in [6.07, 6.45) is 6.12. The largest absolute Gasteiger partial charge is 0.506 e. The molecule has 1 unspecified atom stereocenters. The number of rotatable bonds is 1. The van der Waals surface area contributed by atoms with E-state index in [1.54, 1.807) is 12.3 Å². The van der Waals surface area contributed by atoms with Crippen molar-refractivity contribution in [1.82, 2.24) is 14.3 Å². The van der Waals surface area contributed by atoms with Crippen LogP contribution >= 0.6 is 0 Å². The molecule has 4 nitrogen and oxygen atoms in total. The third-order valence-electron chi connectivity index (χ3n) is 3.32. The summed E-state index contributed by atoms with van der Waals surface area (Å²) in [5.74, 6) is 0.274. The van der Waals surface area contributed by atoms with E-state index in [9.17, 15) is 5.11 Å². The molecule has 1 aliphatic rings. The highest BCUT2D eigenvalue weighted by Gasteiger charge is 2.24. The van der Waals surface area contributed by atoms with Gasteiger partial charge in [0.25, 0.3) is 0 Å². The highest BCUT2D eigenvalue weighted by Crippen LogP contribution is 2.29. The summed E-state index contributed by atoms with van der Waals surface area (Å²) in [6.45, 7) is 1.14. The van der Waals surface area contributed by atoms with Gasteiger partial charge in [-0.05, 0) is 38.6 Å². The van der Waals surface area contributed by atoms with Crippen LogP contribution in [0.4, 0.5) is 0 Å². The van der Waals surface area contributed by atoms with E-state index in [-0.39, 0.29) is 5.75 Å². The molecule has 0 bridgehead atoms. The number of fused-ring (bicyclic) bond motifs is 1. The summed E-state index contributed by atoms with van der Waals surface area (Å²) >= 11 is 0. The molecule has 0 radical (unpaired) electrons. The molecule has 1 N–H and O–H groups in total. The third-order valence-corrected chi connectivity index (χ3v) is 3.32. The van der Waals surface area contributed by atoms with Crippen molar-refractivity contribution in [2.75, 3.05) is 13.6 Å². The summed E-state index contributed by atoms with van der Waals surface area (Å²) in [5.41, 5.74) is 2.00. The molecule has 0 spiro atoms. The lowest BCUT2D eigenvalue weighted by molar-refractivity contribution is 0.313. The first-order valence-corrected chi connectivity index (χ1v) is 5.62. The number of aromatic nitrogens is 2. The summed E-state index contributed by atoms with van der Waals surface area (Å²) < 4.78 is 1.89. The van der Waals surface area contributed by atoms with E-state index in [0.29, 0.717) is 6.04 Å². The predicted octanol–water partition coefficient (Wildman–Crippen LogP) is 1.81. The lowest BCUT2D eigenvalue weighted by Gasteiger charge is -2.16. The van der Waals surface area contributed by atoms with Crippen LogP contribution < -0.4 is 0 Å². The van der Waals surface area contributed by atoms with E-state index in [1.165, 1.54) is 12.8 Å². The predicted molar refractivity (Wildman–Crippen MR) is 61.5 cm³/mol. The zero-order chi connectivity index (χ0) is 11.1. The second-order valence-corrected chi connectivity index (χ2v) is 4.46. The minimum Gasteiger partial charge on any atom is -0.506 e. The Labute approximate surface area is 94.1 Å². The molecule has 0 amide bonds. The Hall–Kier alpha value is -1.55. The van der Waals surface area contributed by atoms with Crippen molar-refractivity contribution < 1.29 is 5.11 Å². The van der Waals surface area contributed by atoms with Gasteiger partial charge >= 0.3 is 0 Å². The van der Waals surface area contributed by atoms with Crippen LogP contribution in [-0.4, -0.2) is 33.0 Å². The summed E-state index contributed by atoms with van der Waals surface area (Å²) in [6, 6.07) is 3.94. The minimum atomic E-state index is 0.274. The second-order valence-electron chi connectivity index (χ2n) is 4.46. The molecule has 0 aromatic carbocycles. The molecule has 1 aliphatic heterocycles. The van der Waals surface area contributed by atoms with E-state index in [0.717, 1.165) is 17.9 Å². The maximum atomic E-state index is 9.40. The second kappa shape index (κ2) is 3.49. The Bertz CT molecular complexity index is 520. The smallest absolute Gasteiger partial charge is 0.137 e. The molecule has 84 valence electrons. The van der Waals surface area contributed by atoms with Crippen molar-refractivity contribution in [3.63, 3.8) is 0 Å². The van der Waals surface area contributed by atoms with Crippen molar-refractivity contribution in [3.05, 3.63) is 30.2 Å². The maximum absolute atomic E-state index is 9.40. The van der Waals surface area contributed by atoms with Gasteiger partial charge in [-0.15, -0.1) is 0 Å². The van der Waals surface area contributed by atoms with Gasteiger partial charge < -0.3 is 9.51 Å². The van der Waals surface area contributed by atoms with Crippen LogP contribution in [0.15, 0.2) is 24.5 Å². The van der Waals surface area contributed by atoms with Crippen LogP contribution in [0.5, 0.6) is 5.75 Å². The van der Waals surface area contributed by atoms with E-state index < -0.39 is 0 Å². The number of aromatic hydroxyl groups is 1. The van der Waals surface area contributed by atoms with Gasteiger partial charge in [0.1, 0.15) is 11.4 Å². The Morgan fingerprint density at radius 1 is 1.38 bits per heavy atom. The minimum absolute atomic E-state index is 0.274. The molecule has 3 heterocycles. The normalized spacial score (nSPS) is 21.9. The zero-order valence-corrected chi connectivity index (χ0v) is 9.30. The van der Waals surface area contributed by atoms with Gasteiger partial charge in [-0.1, -0.05) is 0 Å². The SMILES string of the molecule is CN1CCCC1c1cn2cc(O)ccc2n1. The van der Waals surface area contributed by atoms with Crippen molar-refractivity contribution in [3.8, 4) is 5.75 Å². The quantitative estimate of drug-likeness (QED) is 0.792. The Kier molecular flexibility index (Phi) is 2.11. The van der Waals surface area contributed by atoms with Crippen LogP contribution in [0.1, 0.15) is 24.6 Å². The van der Waals surface area contributed by atoms with Gasteiger partial charge in [0, 0.05) is 6.20 Å². The number of pyridine rings is 1. The Balaban J connectivity index is 2.04. The van der Waals surface area contributed by atoms with E-state index in [4.69, 9.17) is 0 Å². The van der Waals surface area contributed by atoms with Crippen LogP contribution in [0, 0.1) is 0 Å². The van der Waals surface area contributed by atoms with Gasteiger partial charge in [-0.2, -0.15) is 0 Å². The Morgan fingerprint density at radius 2 is 2.25 bits per heavy atom. The first-order valence-electron chi connectivity index (χ1n) is 5.62. The first-order chi connectivity index (χ1) is 7.74. The first kappa shape index (κ1) is 9.66. The molecule has 0 aliphatic carbocycles. The molecule has 4 heteroatoms. The lowest BCUT2D eigenvalue weighted by atomic mass is 10.2. The zero-order valence-electron chi connectivity index (χ0n) is 9.30. The summed E-state index contributed by atoms with van der Waals surface area (Å²) in [4.78, 5) is 6.93. The monoisotopic (exact) mass is 217 g/mol. The maximum Gasteiger partial charge on any atom is 0.137 e. The number of hydrogen-bond acceptors (Lipinski definition) is 3. The molecular weight excluding hydrogens is 202 g/mol. The van der Waals surface area contributed by atoms with Crippen LogP contribution in [0.3, 0.4) is 0 Å². The molecule has 3 rings (SSSR count). The molecular formula is C12H15N3O. The van der Waals surface area contributed by atoms with Gasteiger partial charge in [0.05, 0.1) is 17.9 Å². The van der Waals surface area contributed by atoms with E-state index in [2.05, 4.69) is 16.9 Å². The van der Waals surface area contributed by atoms with Gasteiger partial charge in [0.2, 0.25) is 0 Å². The topological polar surface area (TPSA) is 40.8 Å². The molecule has 16 heavy (non-hydrogen) atoms. The highest BCUT2D eigenvalue weighted by molar-refractivity contribution is 5.43. The van der Waals surface area contributed by atoms with Crippen molar-refractivity contribution in [2.45, 2.75) is 18.9 Å². The number of nitrogens with zero attached hydrogens (tertiary/aromatic N) is 3.